The van der Waals surface area contributed by atoms with Gasteiger partial charge < -0.3 is 4.74 Å². The van der Waals surface area contributed by atoms with Gasteiger partial charge in [0.05, 0.1) is 5.75 Å². The van der Waals surface area contributed by atoms with E-state index in [0.717, 1.165) is 16.9 Å². The number of sulfonamides is 1. The monoisotopic (exact) mass is 361 g/mol. The molecule has 0 aliphatic rings. The van der Waals surface area contributed by atoms with Crippen LogP contribution < -0.4 is 9.46 Å². The molecule has 0 spiro atoms. The molecule has 2 rings (SSSR count). The van der Waals surface area contributed by atoms with Crippen LogP contribution in [-0.4, -0.2) is 21.6 Å². The largest absolute Gasteiger partial charge is 0.492 e. The summed E-state index contributed by atoms with van der Waals surface area (Å²) in [5, 5.41) is 0. The van der Waals surface area contributed by atoms with Gasteiger partial charge in [-0.2, -0.15) is 0 Å². The highest BCUT2D eigenvalue weighted by Crippen LogP contribution is 2.24. The zero-order valence-corrected chi connectivity index (χ0v) is 16.2. The van der Waals surface area contributed by atoms with E-state index in [1.54, 1.807) is 0 Å². The predicted molar refractivity (Wildman–Crippen MR) is 102 cm³/mol. The summed E-state index contributed by atoms with van der Waals surface area (Å²) in [5.74, 6) is 0.723. The second-order valence-corrected chi connectivity index (χ2v) is 9.07. The Bertz CT molecular complexity index is 790. The second kappa shape index (κ2) is 8.02. The van der Waals surface area contributed by atoms with Crippen molar-refractivity contribution < 1.29 is 13.2 Å². The Morgan fingerprint density at radius 3 is 2.32 bits per heavy atom. The highest BCUT2D eigenvalue weighted by atomic mass is 32.2. The van der Waals surface area contributed by atoms with E-state index >= 15 is 0 Å². The Morgan fingerprint density at radius 1 is 1.04 bits per heavy atom. The smallest absolute Gasteiger partial charge is 0.215 e. The first-order chi connectivity index (χ1) is 11.7. The fraction of sp³-hybridized carbons (Fsp3) is 0.400. The quantitative estimate of drug-likeness (QED) is 0.764. The first-order valence-corrected chi connectivity index (χ1v) is 10.1. The average molecular weight is 362 g/mol. The number of ether oxygens (including phenoxy) is 1. The van der Waals surface area contributed by atoms with Crippen molar-refractivity contribution in [2.45, 2.75) is 38.9 Å². The summed E-state index contributed by atoms with van der Waals surface area (Å²) in [4.78, 5) is 0. The lowest BCUT2D eigenvalue weighted by atomic mass is 9.87. The van der Waals surface area contributed by atoms with Gasteiger partial charge in [-0.1, -0.05) is 62.7 Å². The number of aryl methyl sites for hydroxylation is 1. The molecule has 0 aliphatic carbocycles. The molecule has 0 aliphatic heterocycles. The third-order valence-electron chi connectivity index (χ3n) is 3.85. The molecule has 0 fully saturated rings. The molecule has 136 valence electrons. The summed E-state index contributed by atoms with van der Waals surface area (Å²) in [5.41, 5.74) is 3.17. The highest BCUT2D eigenvalue weighted by molar-refractivity contribution is 7.88. The van der Waals surface area contributed by atoms with E-state index in [-0.39, 0.29) is 17.7 Å². The second-order valence-electron chi connectivity index (χ2n) is 7.27. The van der Waals surface area contributed by atoms with Crippen LogP contribution in [0.25, 0.3) is 0 Å². The molecule has 0 heterocycles. The van der Waals surface area contributed by atoms with Crippen LogP contribution in [0.1, 0.15) is 37.5 Å². The first kappa shape index (κ1) is 19.5. The van der Waals surface area contributed by atoms with Crippen molar-refractivity contribution in [3.05, 3.63) is 65.2 Å². The number of nitrogens with one attached hydrogen (secondary N) is 1. The van der Waals surface area contributed by atoms with Gasteiger partial charge in [-0.3, -0.25) is 0 Å². The van der Waals surface area contributed by atoms with E-state index in [1.807, 2.05) is 55.5 Å². The average Bonchev–Trinajstić information content (AvgIpc) is 2.51. The molecule has 1 N–H and O–H groups in total. The lowest BCUT2D eigenvalue weighted by Gasteiger charge is -2.19. The fourth-order valence-electron chi connectivity index (χ4n) is 2.49. The number of hydrogen-bond acceptors (Lipinski definition) is 3. The SMILES string of the molecule is Cc1cccc(CS(=O)(=O)NCCOc2ccc(C(C)(C)C)cc2)c1. The molecular formula is C20H27NO3S. The normalized spacial score (nSPS) is 12.2. The van der Waals surface area contributed by atoms with Crippen LogP contribution in [0.15, 0.2) is 48.5 Å². The summed E-state index contributed by atoms with van der Waals surface area (Å²) in [6.07, 6.45) is 0. The molecule has 0 aromatic heterocycles. The van der Waals surface area contributed by atoms with Crippen molar-refractivity contribution >= 4 is 10.0 Å². The third-order valence-corrected chi connectivity index (χ3v) is 5.21. The van der Waals surface area contributed by atoms with Crippen molar-refractivity contribution in [1.82, 2.24) is 4.72 Å². The summed E-state index contributed by atoms with van der Waals surface area (Å²) in [6.45, 7) is 8.96. The Balaban J connectivity index is 1.80. The summed E-state index contributed by atoms with van der Waals surface area (Å²) >= 11 is 0. The van der Waals surface area contributed by atoms with Gasteiger partial charge in [-0.25, -0.2) is 13.1 Å². The summed E-state index contributed by atoms with van der Waals surface area (Å²) < 4.78 is 32.4. The van der Waals surface area contributed by atoms with E-state index in [0.29, 0.717) is 6.61 Å². The molecule has 4 nitrogen and oxygen atoms in total. The van der Waals surface area contributed by atoms with E-state index in [1.165, 1.54) is 5.56 Å². The van der Waals surface area contributed by atoms with Gasteiger partial charge in [0.1, 0.15) is 12.4 Å². The van der Waals surface area contributed by atoms with Crippen LogP contribution in [0.5, 0.6) is 5.75 Å². The minimum atomic E-state index is -3.36. The minimum Gasteiger partial charge on any atom is -0.492 e. The third kappa shape index (κ3) is 6.52. The molecule has 5 heteroatoms. The zero-order chi connectivity index (χ0) is 18.5. The number of rotatable bonds is 7. The van der Waals surface area contributed by atoms with Crippen LogP contribution in [0, 0.1) is 6.92 Å². The molecule has 0 amide bonds. The van der Waals surface area contributed by atoms with Gasteiger partial charge in [0, 0.05) is 6.54 Å². The summed E-state index contributed by atoms with van der Waals surface area (Å²) in [7, 11) is -3.36. The van der Waals surface area contributed by atoms with Crippen molar-refractivity contribution in [3.63, 3.8) is 0 Å². The Kier molecular flexibility index (Phi) is 6.25. The number of benzene rings is 2. The van der Waals surface area contributed by atoms with Crippen molar-refractivity contribution in [3.8, 4) is 5.75 Å². The molecule has 0 saturated heterocycles. The minimum absolute atomic E-state index is 0.0189. The molecule has 0 saturated carbocycles. The standard InChI is InChI=1S/C20H27NO3S/c1-16-6-5-7-17(14-16)15-25(22,23)21-12-13-24-19-10-8-18(9-11-19)20(2,3)4/h5-11,14,21H,12-13,15H2,1-4H3. The molecular weight excluding hydrogens is 334 g/mol. The Labute approximate surface area is 151 Å². The molecule has 25 heavy (non-hydrogen) atoms. The molecule has 2 aromatic carbocycles. The van der Waals surface area contributed by atoms with E-state index < -0.39 is 10.0 Å². The summed E-state index contributed by atoms with van der Waals surface area (Å²) in [6, 6.07) is 15.4. The van der Waals surface area contributed by atoms with E-state index in [2.05, 4.69) is 25.5 Å². The Hall–Kier alpha value is -1.85. The maximum atomic E-state index is 12.1. The van der Waals surface area contributed by atoms with E-state index in [4.69, 9.17) is 4.74 Å². The van der Waals surface area contributed by atoms with Gasteiger partial charge in [0.15, 0.2) is 0 Å². The fourth-order valence-corrected chi connectivity index (χ4v) is 3.60. The van der Waals surface area contributed by atoms with E-state index in [9.17, 15) is 8.42 Å². The lowest BCUT2D eigenvalue weighted by Crippen LogP contribution is -2.29. The molecule has 0 bridgehead atoms. The van der Waals surface area contributed by atoms with Crippen LogP contribution in [0.2, 0.25) is 0 Å². The topological polar surface area (TPSA) is 55.4 Å². The predicted octanol–water partition coefficient (Wildman–Crippen LogP) is 3.79. The number of hydrogen-bond donors (Lipinski definition) is 1. The van der Waals surface area contributed by atoms with Crippen LogP contribution >= 0.6 is 0 Å². The molecule has 0 unspecified atom stereocenters. The van der Waals surface area contributed by atoms with Gasteiger partial charge in [-0.05, 0) is 35.6 Å². The zero-order valence-electron chi connectivity index (χ0n) is 15.4. The molecule has 2 aromatic rings. The van der Waals surface area contributed by atoms with Gasteiger partial charge in [0.2, 0.25) is 10.0 Å². The van der Waals surface area contributed by atoms with Crippen LogP contribution in [-0.2, 0) is 21.2 Å². The van der Waals surface area contributed by atoms with Gasteiger partial charge in [0.25, 0.3) is 0 Å². The van der Waals surface area contributed by atoms with Gasteiger partial charge in [-0.15, -0.1) is 0 Å². The molecule has 0 radical (unpaired) electrons. The Morgan fingerprint density at radius 2 is 1.72 bits per heavy atom. The van der Waals surface area contributed by atoms with Crippen LogP contribution in [0.4, 0.5) is 0 Å². The first-order valence-electron chi connectivity index (χ1n) is 8.42. The lowest BCUT2D eigenvalue weighted by molar-refractivity contribution is 0.322. The van der Waals surface area contributed by atoms with Crippen molar-refractivity contribution in [1.29, 1.82) is 0 Å². The van der Waals surface area contributed by atoms with Crippen molar-refractivity contribution in [2.24, 2.45) is 0 Å². The highest BCUT2D eigenvalue weighted by Gasteiger charge is 2.13. The maximum Gasteiger partial charge on any atom is 0.215 e. The van der Waals surface area contributed by atoms with Crippen molar-refractivity contribution in [2.75, 3.05) is 13.2 Å². The van der Waals surface area contributed by atoms with Crippen LogP contribution in [0.3, 0.4) is 0 Å². The van der Waals surface area contributed by atoms with Gasteiger partial charge >= 0.3 is 0 Å². The maximum absolute atomic E-state index is 12.1. The molecule has 0 atom stereocenters.